The van der Waals surface area contributed by atoms with E-state index in [1.807, 2.05) is 6.92 Å². The Morgan fingerprint density at radius 2 is 1.66 bits per heavy atom. The van der Waals surface area contributed by atoms with Crippen molar-refractivity contribution in [2.45, 2.75) is 11.8 Å². The number of ether oxygens (including phenoxy) is 1. The number of carbonyl (C=O) groups excluding carboxylic acids is 1. The van der Waals surface area contributed by atoms with E-state index in [4.69, 9.17) is 9.15 Å². The fraction of sp³-hybridized carbons (Fsp3) is 0.130. The van der Waals surface area contributed by atoms with Crippen molar-refractivity contribution in [2.75, 3.05) is 11.4 Å². The molecule has 4 aromatic rings. The van der Waals surface area contributed by atoms with Crippen molar-refractivity contribution in [1.82, 2.24) is 4.57 Å². The number of nitrogens with zero attached hydrogens (tertiary/aromatic N) is 2. The highest BCUT2D eigenvalue weighted by Crippen LogP contribution is 2.29. The summed E-state index contributed by atoms with van der Waals surface area (Å²) in [4.78, 5) is 25.0. The van der Waals surface area contributed by atoms with Crippen molar-refractivity contribution in [3.05, 3.63) is 88.4 Å². The van der Waals surface area contributed by atoms with Crippen LogP contribution in [0.3, 0.4) is 0 Å². The topological polar surface area (TPSA) is 98.8 Å². The lowest BCUT2D eigenvalue weighted by molar-refractivity contribution is 0.101. The van der Waals surface area contributed by atoms with Crippen LogP contribution in [-0.4, -0.2) is 26.0 Å². The lowest BCUT2D eigenvalue weighted by Crippen LogP contribution is -2.37. The molecule has 1 amide bonds. The molecule has 0 atom stereocenters. The van der Waals surface area contributed by atoms with Gasteiger partial charge in [-0.15, -0.1) is 0 Å². The van der Waals surface area contributed by atoms with Crippen LogP contribution >= 0.6 is 0 Å². The summed E-state index contributed by atoms with van der Waals surface area (Å²) in [6.45, 7) is 1.87. The molecule has 1 heterocycles. The van der Waals surface area contributed by atoms with Crippen molar-refractivity contribution in [3.8, 4) is 5.75 Å². The van der Waals surface area contributed by atoms with Crippen LogP contribution in [0.25, 0.3) is 11.1 Å². The van der Waals surface area contributed by atoms with Crippen LogP contribution in [0.1, 0.15) is 15.9 Å². The van der Waals surface area contributed by atoms with Crippen LogP contribution in [-0.2, 0) is 17.1 Å². The molecule has 0 saturated heterocycles. The number of hydrogen-bond acceptors (Lipinski definition) is 6. The molecule has 164 valence electrons. The first-order valence-corrected chi connectivity index (χ1v) is 11.1. The van der Waals surface area contributed by atoms with E-state index in [-0.39, 0.29) is 21.7 Å². The van der Waals surface area contributed by atoms with Gasteiger partial charge in [-0.3, -0.25) is 9.36 Å². The summed E-state index contributed by atoms with van der Waals surface area (Å²) in [5.41, 5.74) is 1.84. The molecule has 0 radical (unpaired) electrons. The Morgan fingerprint density at radius 3 is 2.28 bits per heavy atom. The molecular formula is C23H20N2O6S. The standard InChI is InChI=1S/C23H20N2O6S/c1-15-4-6-16(7-5-15)22(26)25(17-8-10-18(30-3)11-9-17)32(28,29)19-12-13-20-21(14-19)31-23(27)24(20)2/h4-14H,1-3H3. The number of amides is 1. The maximum Gasteiger partial charge on any atom is 0.419 e. The van der Waals surface area contributed by atoms with Gasteiger partial charge in [0.25, 0.3) is 15.9 Å². The van der Waals surface area contributed by atoms with E-state index in [0.29, 0.717) is 11.3 Å². The Hall–Kier alpha value is -3.85. The first kappa shape index (κ1) is 21.4. The van der Waals surface area contributed by atoms with Gasteiger partial charge in [0.05, 0.1) is 23.2 Å². The van der Waals surface area contributed by atoms with Crippen molar-refractivity contribution in [1.29, 1.82) is 0 Å². The molecule has 0 aliphatic heterocycles. The summed E-state index contributed by atoms with van der Waals surface area (Å²) < 4.78 is 39.6. The molecule has 1 aromatic heterocycles. The summed E-state index contributed by atoms with van der Waals surface area (Å²) in [6, 6.07) is 16.8. The molecule has 8 nitrogen and oxygen atoms in total. The SMILES string of the molecule is COc1ccc(N(C(=O)c2ccc(C)cc2)S(=O)(=O)c2ccc3c(c2)oc(=O)n3C)cc1. The van der Waals surface area contributed by atoms with Gasteiger partial charge < -0.3 is 9.15 Å². The number of sulfonamides is 1. The first-order valence-electron chi connectivity index (χ1n) is 9.62. The summed E-state index contributed by atoms with van der Waals surface area (Å²) in [7, 11) is -1.34. The Bertz CT molecular complexity index is 1470. The molecule has 0 unspecified atom stereocenters. The molecule has 3 aromatic carbocycles. The second-order valence-electron chi connectivity index (χ2n) is 7.20. The highest BCUT2D eigenvalue weighted by Gasteiger charge is 2.32. The van der Waals surface area contributed by atoms with Gasteiger partial charge in [0.15, 0.2) is 5.58 Å². The minimum atomic E-state index is -4.35. The molecule has 0 aliphatic rings. The fourth-order valence-electron chi connectivity index (χ4n) is 3.28. The Balaban J connectivity index is 1.88. The summed E-state index contributed by atoms with van der Waals surface area (Å²) in [5, 5.41) is 0. The number of oxazole rings is 1. The second kappa shape index (κ2) is 8.01. The number of fused-ring (bicyclic) bond motifs is 1. The van der Waals surface area contributed by atoms with Gasteiger partial charge in [-0.2, -0.15) is 4.31 Å². The van der Waals surface area contributed by atoms with Gasteiger partial charge in [0, 0.05) is 18.7 Å². The third-order valence-electron chi connectivity index (χ3n) is 5.09. The third kappa shape index (κ3) is 3.67. The zero-order valence-electron chi connectivity index (χ0n) is 17.6. The zero-order valence-corrected chi connectivity index (χ0v) is 18.4. The third-order valence-corrected chi connectivity index (χ3v) is 6.80. The van der Waals surface area contributed by atoms with E-state index in [0.717, 1.165) is 9.87 Å². The van der Waals surface area contributed by atoms with E-state index in [1.54, 1.807) is 36.4 Å². The number of carbonyl (C=O) groups is 1. The van der Waals surface area contributed by atoms with Crippen LogP contribution in [0.5, 0.6) is 5.75 Å². The van der Waals surface area contributed by atoms with Crippen molar-refractivity contribution >= 4 is 32.7 Å². The van der Waals surface area contributed by atoms with Crippen molar-refractivity contribution in [3.63, 3.8) is 0 Å². The van der Waals surface area contributed by atoms with E-state index < -0.39 is 21.7 Å². The monoisotopic (exact) mass is 452 g/mol. The number of aromatic nitrogens is 1. The van der Waals surface area contributed by atoms with E-state index in [9.17, 15) is 18.0 Å². The highest BCUT2D eigenvalue weighted by molar-refractivity contribution is 7.93. The predicted molar refractivity (Wildman–Crippen MR) is 120 cm³/mol. The number of aryl methyl sites for hydroxylation is 2. The average molecular weight is 452 g/mol. The molecule has 0 bridgehead atoms. The van der Waals surface area contributed by atoms with Gasteiger partial charge in [-0.1, -0.05) is 17.7 Å². The van der Waals surface area contributed by atoms with Gasteiger partial charge >= 0.3 is 5.76 Å². The zero-order chi connectivity index (χ0) is 23.0. The Labute approximate surface area is 184 Å². The molecule has 0 aliphatic carbocycles. The molecule has 4 rings (SSSR count). The minimum absolute atomic E-state index is 0.107. The maximum absolute atomic E-state index is 13.7. The second-order valence-corrected chi connectivity index (χ2v) is 8.98. The van der Waals surface area contributed by atoms with Crippen molar-refractivity contribution in [2.24, 2.45) is 7.05 Å². The van der Waals surface area contributed by atoms with Crippen LogP contribution in [0, 0.1) is 6.92 Å². The lowest BCUT2D eigenvalue weighted by atomic mass is 10.1. The van der Waals surface area contributed by atoms with E-state index >= 15 is 0 Å². The summed E-state index contributed by atoms with van der Waals surface area (Å²) in [5.74, 6) is -0.816. The smallest absolute Gasteiger partial charge is 0.419 e. The quantitative estimate of drug-likeness (QED) is 0.460. The number of methoxy groups -OCH3 is 1. The normalized spacial score (nSPS) is 11.5. The molecule has 9 heteroatoms. The van der Waals surface area contributed by atoms with E-state index in [1.165, 1.54) is 49.1 Å². The van der Waals surface area contributed by atoms with Gasteiger partial charge in [0.1, 0.15) is 5.75 Å². The number of hydrogen-bond donors (Lipinski definition) is 0. The number of anilines is 1. The molecule has 0 fully saturated rings. The van der Waals surface area contributed by atoms with Gasteiger partial charge in [-0.25, -0.2) is 13.2 Å². The highest BCUT2D eigenvalue weighted by atomic mass is 32.2. The minimum Gasteiger partial charge on any atom is -0.497 e. The van der Waals surface area contributed by atoms with E-state index in [2.05, 4.69) is 0 Å². The summed E-state index contributed by atoms with van der Waals surface area (Å²) >= 11 is 0. The predicted octanol–water partition coefficient (Wildman–Crippen LogP) is 3.48. The van der Waals surface area contributed by atoms with Gasteiger partial charge in [-0.05, 0) is 55.5 Å². The maximum atomic E-state index is 13.7. The van der Waals surface area contributed by atoms with Crippen LogP contribution in [0.4, 0.5) is 5.69 Å². The Kier molecular flexibility index (Phi) is 5.35. The molecular weight excluding hydrogens is 432 g/mol. The fourth-order valence-corrected chi connectivity index (χ4v) is 4.71. The average Bonchev–Trinajstić information content (AvgIpc) is 3.07. The molecule has 0 saturated carbocycles. The van der Waals surface area contributed by atoms with Crippen molar-refractivity contribution < 1.29 is 22.4 Å². The molecule has 32 heavy (non-hydrogen) atoms. The number of benzene rings is 3. The van der Waals surface area contributed by atoms with Crippen LogP contribution in [0.15, 0.2) is 80.8 Å². The largest absolute Gasteiger partial charge is 0.497 e. The summed E-state index contributed by atoms with van der Waals surface area (Å²) in [6.07, 6.45) is 0. The number of rotatable bonds is 5. The Morgan fingerprint density at radius 1 is 1.00 bits per heavy atom. The van der Waals surface area contributed by atoms with Crippen LogP contribution < -0.4 is 14.8 Å². The molecule has 0 N–H and O–H groups in total. The first-order chi connectivity index (χ1) is 15.2. The molecule has 0 spiro atoms. The lowest BCUT2D eigenvalue weighted by Gasteiger charge is -2.23. The van der Waals surface area contributed by atoms with Crippen LogP contribution in [0.2, 0.25) is 0 Å². The van der Waals surface area contributed by atoms with Gasteiger partial charge in [0.2, 0.25) is 0 Å².